The van der Waals surface area contributed by atoms with Gasteiger partial charge >= 0.3 is 0 Å². The largest absolute Gasteiger partial charge is 0.350 e. The van der Waals surface area contributed by atoms with E-state index in [-0.39, 0.29) is 5.91 Å². The average molecular weight is 322 g/mol. The lowest BCUT2D eigenvalue weighted by atomic mass is 9.94. The predicted octanol–water partition coefficient (Wildman–Crippen LogP) is 3.09. The first-order valence-electron chi connectivity index (χ1n) is 8.13. The van der Waals surface area contributed by atoms with Crippen molar-refractivity contribution in [3.05, 3.63) is 58.1 Å². The summed E-state index contributed by atoms with van der Waals surface area (Å²) in [6, 6.07) is 9.94. The Kier molecular flexibility index (Phi) is 4.34. The SMILES string of the molecule is Cc1cc(C)c(C)c(C(=O)NCCn2nnc3ccccc32)c1C. The maximum absolute atomic E-state index is 12.6. The summed E-state index contributed by atoms with van der Waals surface area (Å²) in [5.41, 5.74) is 7.01. The van der Waals surface area contributed by atoms with Crippen LogP contribution in [0, 0.1) is 27.7 Å². The molecule has 0 saturated heterocycles. The number of para-hydroxylation sites is 1. The van der Waals surface area contributed by atoms with Crippen molar-refractivity contribution in [3.8, 4) is 0 Å². The molecule has 0 aliphatic carbocycles. The van der Waals surface area contributed by atoms with E-state index < -0.39 is 0 Å². The Labute approximate surface area is 141 Å². The first-order chi connectivity index (χ1) is 11.5. The van der Waals surface area contributed by atoms with E-state index in [9.17, 15) is 4.79 Å². The number of amides is 1. The summed E-state index contributed by atoms with van der Waals surface area (Å²) >= 11 is 0. The number of nitrogens with one attached hydrogen (secondary N) is 1. The Balaban J connectivity index is 1.73. The van der Waals surface area contributed by atoms with Crippen molar-refractivity contribution in [2.24, 2.45) is 0 Å². The Morgan fingerprint density at radius 1 is 1.08 bits per heavy atom. The van der Waals surface area contributed by atoms with Crippen LogP contribution < -0.4 is 5.32 Å². The molecule has 0 spiro atoms. The van der Waals surface area contributed by atoms with E-state index in [0.717, 1.165) is 38.9 Å². The highest BCUT2D eigenvalue weighted by Gasteiger charge is 2.15. The highest BCUT2D eigenvalue weighted by atomic mass is 16.1. The summed E-state index contributed by atoms with van der Waals surface area (Å²) < 4.78 is 1.82. The molecule has 2 aromatic carbocycles. The number of carbonyl (C=O) groups excluding carboxylic acids is 1. The van der Waals surface area contributed by atoms with E-state index in [0.29, 0.717) is 13.1 Å². The Bertz CT molecular complexity index is 885. The number of rotatable bonds is 4. The highest BCUT2D eigenvalue weighted by molar-refractivity contribution is 5.97. The fraction of sp³-hybridized carbons (Fsp3) is 0.316. The van der Waals surface area contributed by atoms with Crippen molar-refractivity contribution in [1.29, 1.82) is 0 Å². The fourth-order valence-corrected chi connectivity index (χ4v) is 3.00. The predicted molar refractivity (Wildman–Crippen MR) is 95.3 cm³/mol. The van der Waals surface area contributed by atoms with Crippen LogP contribution in [0.15, 0.2) is 30.3 Å². The van der Waals surface area contributed by atoms with Crippen LogP contribution in [-0.4, -0.2) is 27.4 Å². The smallest absolute Gasteiger partial charge is 0.251 e. The van der Waals surface area contributed by atoms with Crippen molar-refractivity contribution >= 4 is 16.9 Å². The van der Waals surface area contributed by atoms with Gasteiger partial charge in [-0.05, 0) is 62.1 Å². The van der Waals surface area contributed by atoms with Gasteiger partial charge < -0.3 is 5.32 Å². The summed E-state index contributed by atoms with van der Waals surface area (Å²) in [6.07, 6.45) is 0. The molecule has 1 N–H and O–H groups in total. The number of carbonyl (C=O) groups is 1. The molecule has 0 unspecified atom stereocenters. The Morgan fingerprint density at radius 3 is 2.46 bits per heavy atom. The fourth-order valence-electron chi connectivity index (χ4n) is 3.00. The zero-order valence-electron chi connectivity index (χ0n) is 14.6. The Hall–Kier alpha value is -2.69. The van der Waals surface area contributed by atoms with E-state index in [4.69, 9.17) is 0 Å². The summed E-state index contributed by atoms with van der Waals surface area (Å²) in [5, 5.41) is 11.3. The number of nitrogens with zero attached hydrogens (tertiary/aromatic N) is 3. The van der Waals surface area contributed by atoms with Crippen molar-refractivity contribution in [1.82, 2.24) is 20.3 Å². The second-order valence-corrected chi connectivity index (χ2v) is 6.19. The zero-order valence-corrected chi connectivity index (χ0v) is 14.6. The monoisotopic (exact) mass is 322 g/mol. The highest BCUT2D eigenvalue weighted by Crippen LogP contribution is 2.21. The Morgan fingerprint density at radius 2 is 1.75 bits per heavy atom. The molecule has 0 aliphatic rings. The molecule has 0 aliphatic heterocycles. The third kappa shape index (κ3) is 2.89. The van der Waals surface area contributed by atoms with Gasteiger partial charge in [-0.25, -0.2) is 4.68 Å². The van der Waals surface area contributed by atoms with Gasteiger partial charge in [0.15, 0.2) is 0 Å². The van der Waals surface area contributed by atoms with Crippen LogP contribution in [0.25, 0.3) is 11.0 Å². The van der Waals surface area contributed by atoms with Crippen LogP contribution in [0.3, 0.4) is 0 Å². The molecule has 3 aromatic rings. The van der Waals surface area contributed by atoms with Crippen LogP contribution in [0.5, 0.6) is 0 Å². The summed E-state index contributed by atoms with van der Waals surface area (Å²) in [6.45, 7) is 9.19. The number of aryl methyl sites for hydroxylation is 2. The minimum atomic E-state index is -0.0266. The quantitative estimate of drug-likeness (QED) is 0.803. The minimum Gasteiger partial charge on any atom is -0.350 e. The maximum Gasteiger partial charge on any atom is 0.251 e. The van der Waals surface area contributed by atoms with Gasteiger partial charge in [-0.15, -0.1) is 5.10 Å². The molecule has 0 saturated carbocycles. The number of benzene rings is 2. The van der Waals surface area contributed by atoms with Gasteiger partial charge in [0.2, 0.25) is 0 Å². The molecule has 24 heavy (non-hydrogen) atoms. The molecule has 0 atom stereocenters. The van der Waals surface area contributed by atoms with Gasteiger partial charge in [-0.1, -0.05) is 23.4 Å². The summed E-state index contributed by atoms with van der Waals surface area (Å²) in [5.74, 6) is -0.0266. The third-order valence-electron chi connectivity index (χ3n) is 4.62. The summed E-state index contributed by atoms with van der Waals surface area (Å²) in [7, 11) is 0. The lowest BCUT2D eigenvalue weighted by molar-refractivity contribution is 0.0950. The lowest BCUT2D eigenvalue weighted by Crippen LogP contribution is -2.29. The van der Waals surface area contributed by atoms with E-state index in [1.807, 2.05) is 56.6 Å². The summed E-state index contributed by atoms with van der Waals surface area (Å²) in [4.78, 5) is 12.6. The average Bonchev–Trinajstić information content (AvgIpc) is 2.97. The van der Waals surface area contributed by atoms with Crippen LogP contribution in [0.4, 0.5) is 0 Å². The topological polar surface area (TPSA) is 59.8 Å². The molecule has 1 heterocycles. The second-order valence-electron chi connectivity index (χ2n) is 6.19. The van der Waals surface area contributed by atoms with Gasteiger partial charge in [-0.3, -0.25) is 4.79 Å². The molecule has 124 valence electrons. The molecule has 1 amide bonds. The molecule has 5 heteroatoms. The lowest BCUT2D eigenvalue weighted by Gasteiger charge is -2.15. The third-order valence-corrected chi connectivity index (χ3v) is 4.62. The van der Waals surface area contributed by atoms with Crippen LogP contribution in [0.1, 0.15) is 32.6 Å². The second kappa shape index (κ2) is 6.43. The normalized spacial score (nSPS) is 11.0. The first kappa shape index (κ1) is 16.2. The van der Waals surface area contributed by atoms with Crippen molar-refractivity contribution < 1.29 is 4.79 Å². The van der Waals surface area contributed by atoms with Crippen molar-refractivity contribution in [2.45, 2.75) is 34.2 Å². The minimum absolute atomic E-state index is 0.0266. The van der Waals surface area contributed by atoms with Gasteiger partial charge in [0.05, 0.1) is 12.1 Å². The van der Waals surface area contributed by atoms with Crippen LogP contribution in [0.2, 0.25) is 0 Å². The van der Waals surface area contributed by atoms with Crippen molar-refractivity contribution in [3.63, 3.8) is 0 Å². The standard InChI is InChI=1S/C19H22N4O/c1-12-11-13(2)15(4)18(14(12)3)19(24)20-9-10-23-17-8-6-5-7-16(17)21-22-23/h5-8,11H,9-10H2,1-4H3,(H,20,24). The molecule has 3 rings (SSSR count). The van der Waals surface area contributed by atoms with Crippen molar-refractivity contribution in [2.75, 3.05) is 6.54 Å². The molecular formula is C19H22N4O. The number of hydrogen-bond donors (Lipinski definition) is 1. The number of fused-ring (bicyclic) bond motifs is 1. The zero-order chi connectivity index (χ0) is 17.3. The molecular weight excluding hydrogens is 300 g/mol. The molecule has 0 fully saturated rings. The maximum atomic E-state index is 12.6. The van der Waals surface area contributed by atoms with E-state index >= 15 is 0 Å². The molecule has 0 bridgehead atoms. The van der Waals surface area contributed by atoms with Gasteiger partial charge in [0, 0.05) is 12.1 Å². The molecule has 1 aromatic heterocycles. The van der Waals surface area contributed by atoms with E-state index in [1.54, 1.807) is 0 Å². The van der Waals surface area contributed by atoms with Crippen LogP contribution >= 0.6 is 0 Å². The first-order valence-corrected chi connectivity index (χ1v) is 8.13. The molecule has 5 nitrogen and oxygen atoms in total. The number of aromatic nitrogens is 3. The van der Waals surface area contributed by atoms with E-state index in [2.05, 4.69) is 21.7 Å². The van der Waals surface area contributed by atoms with E-state index in [1.165, 1.54) is 0 Å². The van der Waals surface area contributed by atoms with Crippen LogP contribution in [-0.2, 0) is 6.54 Å². The van der Waals surface area contributed by atoms with Gasteiger partial charge in [0.1, 0.15) is 5.52 Å². The number of hydrogen-bond acceptors (Lipinski definition) is 3. The van der Waals surface area contributed by atoms with Gasteiger partial charge in [0.25, 0.3) is 5.91 Å². The molecule has 0 radical (unpaired) electrons. The van der Waals surface area contributed by atoms with Gasteiger partial charge in [-0.2, -0.15) is 0 Å².